The van der Waals surface area contributed by atoms with Gasteiger partial charge in [0.2, 0.25) is 0 Å². The van der Waals surface area contributed by atoms with E-state index in [-0.39, 0.29) is 6.61 Å². The van der Waals surface area contributed by atoms with Gasteiger partial charge in [0.05, 0.1) is 0 Å². The van der Waals surface area contributed by atoms with Gasteiger partial charge in [-0.1, -0.05) is 27.2 Å². The molecule has 0 aromatic rings. The minimum atomic E-state index is -0.639. The lowest BCUT2D eigenvalue weighted by Gasteiger charge is -2.15. The summed E-state index contributed by atoms with van der Waals surface area (Å²) < 4.78 is 12.9. The van der Waals surface area contributed by atoms with Crippen LogP contribution in [0.15, 0.2) is 0 Å². The van der Waals surface area contributed by atoms with Gasteiger partial charge in [-0.25, -0.2) is 4.39 Å². The molecule has 0 aromatic carbocycles. The van der Waals surface area contributed by atoms with Crippen molar-refractivity contribution in [3.8, 4) is 0 Å². The van der Waals surface area contributed by atoms with E-state index >= 15 is 0 Å². The summed E-state index contributed by atoms with van der Waals surface area (Å²) in [6.45, 7) is 6.25. The average Bonchev–Trinajstić information content (AvgIpc) is 2.13. The lowest BCUT2D eigenvalue weighted by molar-refractivity contribution is 0.212. The monoisotopic (exact) mass is 190 g/mol. The largest absolute Gasteiger partial charge is 0.396 e. The molecule has 0 aliphatic heterocycles. The smallest absolute Gasteiger partial charge is 0.100 e. The van der Waals surface area contributed by atoms with E-state index < -0.39 is 6.17 Å². The Bertz CT molecular complexity index is 117. The van der Waals surface area contributed by atoms with Gasteiger partial charge in [-0.15, -0.1) is 0 Å². The van der Waals surface area contributed by atoms with Crippen LogP contribution >= 0.6 is 0 Å². The maximum absolute atomic E-state index is 12.9. The molecular weight excluding hydrogens is 167 g/mol. The second-order valence-electron chi connectivity index (χ2n) is 4.21. The highest BCUT2D eigenvalue weighted by molar-refractivity contribution is 4.62. The van der Waals surface area contributed by atoms with Gasteiger partial charge in [0, 0.05) is 6.61 Å². The highest BCUT2D eigenvalue weighted by Gasteiger charge is 2.11. The maximum atomic E-state index is 12.9. The molecule has 0 bridgehead atoms. The van der Waals surface area contributed by atoms with Crippen LogP contribution in [0.4, 0.5) is 4.39 Å². The number of hydrogen-bond donors (Lipinski definition) is 1. The highest BCUT2D eigenvalue weighted by atomic mass is 19.1. The van der Waals surface area contributed by atoms with E-state index in [0.717, 1.165) is 12.8 Å². The predicted molar refractivity (Wildman–Crippen MR) is 54.5 cm³/mol. The summed E-state index contributed by atoms with van der Waals surface area (Å²) in [5.74, 6) is 0.811. The van der Waals surface area contributed by atoms with Gasteiger partial charge in [-0.2, -0.15) is 0 Å². The lowest BCUT2D eigenvalue weighted by Crippen LogP contribution is -2.08. The van der Waals surface area contributed by atoms with Crippen molar-refractivity contribution in [2.75, 3.05) is 6.61 Å². The molecule has 0 spiro atoms. The predicted octanol–water partition coefficient (Wildman–Crippen LogP) is 3.17. The summed E-state index contributed by atoms with van der Waals surface area (Å²) in [4.78, 5) is 0. The van der Waals surface area contributed by atoms with E-state index in [1.807, 2.05) is 13.8 Å². The summed E-state index contributed by atoms with van der Waals surface area (Å²) in [5, 5.41) is 8.80. The van der Waals surface area contributed by atoms with Crippen LogP contribution in [0.5, 0.6) is 0 Å². The molecule has 0 aliphatic rings. The maximum Gasteiger partial charge on any atom is 0.100 e. The molecule has 0 fully saturated rings. The van der Waals surface area contributed by atoms with E-state index in [9.17, 15) is 4.39 Å². The fourth-order valence-corrected chi connectivity index (χ4v) is 1.38. The number of aliphatic hydroxyl groups excluding tert-OH is 1. The summed E-state index contributed by atoms with van der Waals surface area (Å²) >= 11 is 0. The van der Waals surface area contributed by atoms with Crippen LogP contribution in [-0.4, -0.2) is 17.9 Å². The second kappa shape index (κ2) is 7.31. The van der Waals surface area contributed by atoms with Gasteiger partial charge < -0.3 is 5.11 Å². The fraction of sp³-hybridized carbons (Fsp3) is 1.00. The Morgan fingerprint density at radius 1 is 1.15 bits per heavy atom. The van der Waals surface area contributed by atoms with Crippen molar-refractivity contribution in [3.05, 3.63) is 0 Å². The van der Waals surface area contributed by atoms with Gasteiger partial charge in [0.25, 0.3) is 0 Å². The van der Waals surface area contributed by atoms with Crippen molar-refractivity contribution in [2.24, 2.45) is 11.8 Å². The number of halogens is 1. The minimum absolute atomic E-state index is 0.250. The van der Waals surface area contributed by atoms with Crippen LogP contribution < -0.4 is 0 Å². The van der Waals surface area contributed by atoms with Crippen LogP contribution in [0.25, 0.3) is 0 Å². The number of alkyl halides is 1. The molecule has 0 rings (SSSR count). The zero-order valence-electron chi connectivity index (χ0n) is 9.09. The van der Waals surface area contributed by atoms with Crippen molar-refractivity contribution in [2.45, 2.75) is 52.6 Å². The first-order valence-electron chi connectivity index (χ1n) is 5.35. The molecule has 80 valence electrons. The summed E-state index contributed by atoms with van der Waals surface area (Å²) in [7, 11) is 0. The molecule has 1 nitrogen and oxygen atoms in total. The molecule has 0 aromatic heterocycles. The summed E-state index contributed by atoms with van der Waals surface area (Å²) in [5.41, 5.74) is 0. The van der Waals surface area contributed by atoms with E-state index in [0.29, 0.717) is 24.7 Å². The first-order chi connectivity index (χ1) is 6.10. The van der Waals surface area contributed by atoms with Gasteiger partial charge in [0.1, 0.15) is 6.17 Å². The zero-order chi connectivity index (χ0) is 10.3. The highest BCUT2D eigenvalue weighted by Crippen LogP contribution is 2.19. The van der Waals surface area contributed by atoms with E-state index in [1.165, 1.54) is 0 Å². The molecule has 3 unspecified atom stereocenters. The first-order valence-corrected chi connectivity index (χ1v) is 5.35. The zero-order valence-corrected chi connectivity index (χ0v) is 9.09. The Morgan fingerprint density at radius 2 is 1.69 bits per heavy atom. The van der Waals surface area contributed by atoms with Crippen LogP contribution in [0.1, 0.15) is 46.5 Å². The molecule has 0 heterocycles. The molecule has 0 radical (unpaired) electrons. The SMILES string of the molecule is CCC(F)CC(C)CCC(C)CO. The van der Waals surface area contributed by atoms with Gasteiger partial charge >= 0.3 is 0 Å². The second-order valence-corrected chi connectivity index (χ2v) is 4.21. The molecule has 0 saturated heterocycles. The molecular formula is C11H23FO. The molecule has 2 heteroatoms. The Labute approximate surface area is 81.3 Å². The Kier molecular flexibility index (Phi) is 7.25. The van der Waals surface area contributed by atoms with E-state index in [2.05, 4.69) is 6.92 Å². The summed E-state index contributed by atoms with van der Waals surface area (Å²) in [6.07, 6.45) is 2.70. The average molecular weight is 190 g/mol. The topological polar surface area (TPSA) is 20.2 Å². The minimum Gasteiger partial charge on any atom is -0.396 e. The van der Waals surface area contributed by atoms with Crippen molar-refractivity contribution < 1.29 is 9.50 Å². The molecule has 3 atom stereocenters. The third-order valence-electron chi connectivity index (χ3n) is 2.57. The number of hydrogen-bond acceptors (Lipinski definition) is 1. The molecule has 13 heavy (non-hydrogen) atoms. The first kappa shape index (κ1) is 12.9. The van der Waals surface area contributed by atoms with Crippen LogP contribution in [0, 0.1) is 11.8 Å². The lowest BCUT2D eigenvalue weighted by atomic mass is 9.94. The van der Waals surface area contributed by atoms with Gasteiger partial charge in [0.15, 0.2) is 0 Å². The Hall–Kier alpha value is -0.110. The molecule has 0 amide bonds. The molecule has 0 saturated carbocycles. The standard InChI is InChI=1S/C11H23FO/c1-4-11(12)7-9(2)5-6-10(3)8-13/h9-11,13H,4-8H2,1-3H3. The Balaban J connectivity index is 3.45. The number of aliphatic hydroxyl groups is 1. The van der Waals surface area contributed by atoms with Crippen molar-refractivity contribution in [1.29, 1.82) is 0 Å². The van der Waals surface area contributed by atoms with Crippen LogP contribution in [0.3, 0.4) is 0 Å². The quantitative estimate of drug-likeness (QED) is 0.653. The van der Waals surface area contributed by atoms with Crippen LogP contribution in [-0.2, 0) is 0 Å². The molecule has 0 aliphatic carbocycles. The van der Waals surface area contributed by atoms with Gasteiger partial charge in [-0.3, -0.25) is 0 Å². The third kappa shape index (κ3) is 7.00. The van der Waals surface area contributed by atoms with Crippen molar-refractivity contribution in [3.63, 3.8) is 0 Å². The van der Waals surface area contributed by atoms with Gasteiger partial charge in [-0.05, 0) is 31.1 Å². The third-order valence-corrected chi connectivity index (χ3v) is 2.57. The fourth-order valence-electron chi connectivity index (χ4n) is 1.38. The molecule has 1 N–H and O–H groups in total. The summed E-state index contributed by atoms with van der Waals surface area (Å²) in [6, 6.07) is 0. The Morgan fingerprint density at radius 3 is 2.15 bits per heavy atom. The van der Waals surface area contributed by atoms with Crippen LogP contribution in [0.2, 0.25) is 0 Å². The van der Waals surface area contributed by atoms with Crippen molar-refractivity contribution >= 4 is 0 Å². The number of rotatable bonds is 7. The van der Waals surface area contributed by atoms with Crippen molar-refractivity contribution in [1.82, 2.24) is 0 Å². The van der Waals surface area contributed by atoms with E-state index in [1.54, 1.807) is 0 Å². The normalized spacial score (nSPS) is 18.2. The van der Waals surface area contributed by atoms with E-state index in [4.69, 9.17) is 5.11 Å².